The predicted octanol–water partition coefficient (Wildman–Crippen LogP) is 15.4. The molecule has 3 unspecified atom stereocenters. The predicted molar refractivity (Wildman–Crippen MR) is 233 cm³/mol. The minimum Gasteiger partial charge on any atom is -0.310 e. The molecule has 0 spiro atoms. The molecule has 7 aromatic carbocycles. The summed E-state index contributed by atoms with van der Waals surface area (Å²) in [7, 11) is 0. The van der Waals surface area contributed by atoms with Gasteiger partial charge < -0.3 is 4.90 Å². The molecule has 4 aliphatic rings. The highest BCUT2D eigenvalue weighted by atomic mass is 15.1. The summed E-state index contributed by atoms with van der Waals surface area (Å²) in [5.74, 6) is 3.14. The molecule has 0 radical (unpaired) electrons. The van der Waals surface area contributed by atoms with Crippen LogP contribution in [0.4, 0.5) is 17.1 Å². The van der Waals surface area contributed by atoms with Gasteiger partial charge in [0.2, 0.25) is 0 Å². The second kappa shape index (κ2) is 13.0. The smallest absolute Gasteiger partial charge is 0.0502 e. The van der Waals surface area contributed by atoms with Crippen LogP contribution in [0.5, 0.6) is 0 Å². The minimum absolute atomic E-state index is 0.145. The zero-order chi connectivity index (χ0) is 36.7. The molecule has 1 heteroatoms. The first-order chi connectivity index (χ1) is 27.0. The molecule has 2 bridgehead atoms. The highest BCUT2D eigenvalue weighted by molar-refractivity contribution is 5.98. The van der Waals surface area contributed by atoms with Crippen molar-refractivity contribution in [2.75, 3.05) is 4.90 Å². The molecule has 0 heterocycles. The Morgan fingerprint density at radius 1 is 0.527 bits per heavy atom. The van der Waals surface area contributed by atoms with Gasteiger partial charge in [0.1, 0.15) is 0 Å². The summed E-state index contributed by atoms with van der Waals surface area (Å²) in [6.07, 6.45) is 12.2. The molecule has 0 N–H and O–H groups in total. The number of rotatable bonds is 6. The number of hydrogen-bond acceptors (Lipinski definition) is 1. The number of anilines is 3. The zero-order valence-corrected chi connectivity index (χ0v) is 32.4. The Balaban J connectivity index is 1.05. The lowest BCUT2D eigenvalue weighted by atomic mass is 9.81. The number of nitrogens with zero attached hydrogens (tertiary/aromatic N) is 1. The molecule has 4 aliphatic carbocycles. The van der Waals surface area contributed by atoms with E-state index in [9.17, 15) is 0 Å². The lowest BCUT2D eigenvalue weighted by molar-refractivity contribution is 0.420. The quantitative estimate of drug-likeness (QED) is 0.166. The Bertz CT molecular complexity index is 2580. The van der Waals surface area contributed by atoms with E-state index < -0.39 is 0 Å². The molecule has 55 heavy (non-hydrogen) atoms. The number of benzene rings is 7. The van der Waals surface area contributed by atoms with Gasteiger partial charge in [-0.2, -0.15) is 0 Å². The Labute approximate surface area is 327 Å². The van der Waals surface area contributed by atoms with E-state index in [-0.39, 0.29) is 5.41 Å². The van der Waals surface area contributed by atoms with Crippen molar-refractivity contribution in [2.24, 2.45) is 11.8 Å². The van der Waals surface area contributed by atoms with Crippen LogP contribution in [0, 0.1) is 11.8 Å². The third kappa shape index (κ3) is 5.48. The topological polar surface area (TPSA) is 3.24 Å². The molecule has 3 saturated carbocycles. The summed E-state index contributed by atoms with van der Waals surface area (Å²) in [5, 5.41) is 5.27. The van der Waals surface area contributed by atoms with Gasteiger partial charge in [-0.1, -0.05) is 137 Å². The molecule has 0 aromatic heterocycles. The zero-order valence-electron chi connectivity index (χ0n) is 32.4. The maximum atomic E-state index is 2.63. The second-order valence-corrected chi connectivity index (χ2v) is 17.9. The fourth-order valence-electron chi connectivity index (χ4n) is 11.6. The van der Waals surface area contributed by atoms with E-state index in [4.69, 9.17) is 0 Å². The van der Waals surface area contributed by atoms with Gasteiger partial charge >= 0.3 is 0 Å². The maximum Gasteiger partial charge on any atom is 0.0502 e. The normalized spacial score (nSPS) is 21.2. The van der Waals surface area contributed by atoms with Crippen molar-refractivity contribution in [1.82, 2.24) is 0 Å². The number of fused-ring (bicyclic) bond motifs is 7. The summed E-state index contributed by atoms with van der Waals surface area (Å²) in [6, 6.07) is 54.0. The molecule has 3 atom stereocenters. The third-order valence-corrected chi connectivity index (χ3v) is 14.5. The molecule has 3 fully saturated rings. The molecule has 272 valence electrons. The van der Waals surface area contributed by atoms with Crippen molar-refractivity contribution >= 4 is 38.6 Å². The first-order valence-corrected chi connectivity index (χ1v) is 21.2. The van der Waals surface area contributed by atoms with Gasteiger partial charge in [-0.15, -0.1) is 0 Å². The van der Waals surface area contributed by atoms with Crippen molar-refractivity contribution < 1.29 is 0 Å². The average molecular weight is 714 g/mol. The van der Waals surface area contributed by atoms with Crippen molar-refractivity contribution in [1.29, 1.82) is 0 Å². The number of hydrogen-bond donors (Lipinski definition) is 0. The van der Waals surface area contributed by atoms with Crippen LogP contribution in [0.1, 0.15) is 106 Å². The molecular weight excluding hydrogens is 663 g/mol. The molecule has 0 saturated heterocycles. The summed E-state index contributed by atoms with van der Waals surface area (Å²) in [4.78, 5) is 2.63. The van der Waals surface area contributed by atoms with Gasteiger partial charge in [-0.25, -0.2) is 0 Å². The van der Waals surface area contributed by atoms with E-state index in [1.807, 2.05) is 0 Å². The van der Waals surface area contributed by atoms with Gasteiger partial charge in [0.05, 0.1) is 5.69 Å². The van der Waals surface area contributed by atoms with E-state index >= 15 is 0 Å². The Kier molecular flexibility index (Phi) is 7.84. The first kappa shape index (κ1) is 33.2. The lowest BCUT2D eigenvalue weighted by Gasteiger charge is -2.33. The largest absolute Gasteiger partial charge is 0.310 e. The van der Waals surface area contributed by atoms with Gasteiger partial charge in [0.15, 0.2) is 0 Å². The highest BCUT2D eigenvalue weighted by Crippen LogP contribution is 2.55. The molecule has 7 aromatic rings. The van der Waals surface area contributed by atoms with E-state index in [1.54, 1.807) is 5.56 Å². The summed E-state index contributed by atoms with van der Waals surface area (Å²) >= 11 is 0. The van der Waals surface area contributed by atoms with Crippen molar-refractivity contribution in [3.05, 3.63) is 162 Å². The van der Waals surface area contributed by atoms with Crippen LogP contribution in [0.2, 0.25) is 0 Å². The Hall–Kier alpha value is -5.14. The first-order valence-electron chi connectivity index (χ1n) is 21.2. The standard InChI is InChI=1S/C54H51N/c1-54(2)51-32-42(46-18-10-16-36-13-8-9-17-45(36)46)23-27-47(51)48-28-26-44(34-52(48)54)55(43-24-21-38(22-25-43)49-30-35-19-20-41(49)29-35)53-33-40-15-7-6-14-39(40)31-50(53)37-11-4-3-5-12-37/h6-10,13-18,21-28,31-35,37,41,49H,3-5,11-12,19-20,29-30H2,1-2H3. The van der Waals surface area contributed by atoms with Gasteiger partial charge in [0.25, 0.3) is 0 Å². The summed E-state index contributed by atoms with van der Waals surface area (Å²) in [5.41, 5.74) is 15.0. The van der Waals surface area contributed by atoms with Gasteiger partial charge in [-0.3, -0.25) is 0 Å². The molecule has 11 rings (SSSR count). The Morgan fingerprint density at radius 2 is 1.22 bits per heavy atom. The second-order valence-electron chi connectivity index (χ2n) is 17.9. The summed E-state index contributed by atoms with van der Waals surface area (Å²) < 4.78 is 0. The monoisotopic (exact) mass is 713 g/mol. The van der Waals surface area contributed by atoms with Crippen LogP contribution in [-0.2, 0) is 5.41 Å². The maximum absolute atomic E-state index is 2.63. The summed E-state index contributed by atoms with van der Waals surface area (Å²) in [6.45, 7) is 4.87. The third-order valence-electron chi connectivity index (χ3n) is 14.5. The fourth-order valence-corrected chi connectivity index (χ4v) is 11.6. The van der Waals surface area contributed by atoms with Gasteiger partial charge in [-0.05, 0) is 164 Å². The van der Waals surface area contributed by atoms with Crippen molar-refractivity contribution in [3.63, 3.8) is 0 Å². The van der Waals surface area contributed by atoms with Crippen LogP contribution in [0.25, 0.3) is 43.8 Å². The minimum atomic E-state index is -0.145. The van der Waals surface area contributed by atoms with E-state index in [1.165, 1.54) is 135 Å². The van der Waals surface area contributed by atoms with E-state index in [0.717, 1.165) is 17.8 Å². The molecular formula is C54H51N. The van der Waals surface area contributed by atoms with Crippen LogP contribution in [0.15, 0.2) is 140 Å². The van der Waals surface area contributed by atoms with Gasteiger partial charge in [0, 0.05) is 16.8 Å². The Morgan fingerprint density at radius 3 is 1.98 bits per heavy atom. The highest BCUT2D eigenvalue weighted by Gasteiger charge is 2.40. The molecule has 0 aliphatic heterocycles. The van der Waals surface area contributed by atoms with Crippen molar-refractivity contribution in [2.45, 2.75) is 88.9 Å². The van der Waals surface area contributed by atoms with Crippen LogP contribution in [-0.4, -0.2) is 0 Å². The fraction of sp³-hybridized carbons (Fsp3) is 0.296. The van der Waals surface area contributed by atoms with E-state index in [2.05, 4.69) is 158 Å². The SMILES string of the molecule is CC1(C)c2cc(-c3cccc4ccccc34)ccc2-c2ccc(N(c3ccc(C4CC5CCC4C5)cc3)c3cc4ccccc4cc3C3CCCCC3)cc21. The molecule has 0 amide bonds. The van der Waals surface area contributed by atoms with Crippen LogP contribution >= 0.6 is 0 Å². The molecule has 1 nitrogen and oxygen atoms in total. The van der Waals surface area contributed by atoms with Crippen molar-refractivity contribution in [3.8, 4) is 22.3 Å². The lowest BCUT2D eigenvalue weighted by Crippen LogP contribution is -2.18. The van der Waals surface area contributed by atoms with Crippen LogP contribution < -0.4 is 4.90 Å². The van der Waals surface area contributed by atoms with Crippen LogP contribution in [0.3, 0.4) is 0 Å². The average Bonchev–Trinajstić information content (AvgIpc) is 3.94. The van der Waals surface area contributed by atoms with E-state index in [0.29, 0.717) is 5.92 Å².